The van der Waals surface area contributed by atoms with Gasteiger partial charge in [-0.25, -0.2) is 0 Å². The Morgan fingerprint density at radius 2 is 1.92 bits per heavy atom. The predicted molar refractivity (Wildman–Crippen MR) is 101 cm³/mol. The largest absolute Gasteiger partial charge is 0.493 e. The van der Waals surface area contributed by atoms with E-state index in [0.717, 1.165) is 21.3 Å². The van der Waals surface area contributed by atoms with Crippen molar-refractivity contribution in [3.63, 3.8) is 0 Å². The molecule has 2 aromatic carbocycles. The van der Waals surface area contributed by atoms with Crippen molar-refractivity contribution in [2.75, 3.05) is 33.5 Å². The number of nitrogens with one attached hydrogen (secondary N) is 1. The summed E-state index contributed by atoms with van der Waals surface area (Å²) in [4.78, 5) is 0. The van der Waals surface area contributed by atoms with Crippen LogP contribution in [0.5, 0.6) is 11.5 Å². The number of rotatable bonds is 11. The summed E-state index contributed by atoms with van der Waals surface area (Å²) in [7, 11) is 1.64. The highest BCUT2D eigenvalue weighted by Crippen LogP contribution is 2.35. The Kier molecular flexibility index (Phi) is 8.76. The van der Waals surface area contributed by atoms with Gasteiger partial charge in [-0.05, 0) is 17.7 Å². The van der Waals surface area contributed by atoms with Crippen molar-refractivity contribution in [3.8, 4) is 11.5 Å². The normalized spacial score (nSPS) is 10.7. The molecule has 25 heavy (non-hydrogen) atoms. The standard InChI is InChI=1S/C19H24BrNO4/c1-23-18-12-17(20)11-16(13-21-7-9-24-10-8-22)19(18)25-14-15-5-3-2-4-6-15/h2-6,11-12,21-22H,7-10,13-14H2,1H3. The van der Waals surface area contributed by atoms with Gasteiger partial charge in [-0.3, -0.25) is 0 Å². The molecule has 0 bridgehead atoms. The van der Waals surface area contributed by atoms with Gasteiger partial charge in [0, 0.05) is 23.1 Å². The van der Waals surface area contributed by atoms with E-state index in [9.17, 15) is 0 Å². The molecule has 2 rings (SSSR count). The molecular weight excluding hydrogens is 386 g/mol. The van der Waals surface area contributed by atoms with Crippen molar-refractivity contribution in [2.24, 2.45) is 0 Å². The number of hydrogen-bond donors (Lipinski definition) is 2. The van der Waals surface area contributed by atoms with Crippen molar-refractivity contribution in [3.05, 3.63) is 58.1 Å². The van der Waals surface area contributed by atoms with E-state index in [0.29, 0.717) is 38.7 Å². The van der Waals surface area contributed by atoms with Crippen molar-refractivity contribution < 1.29 is 19.3 Å². The summed E-state index contributed by atoms with van der Waals surface area (Å²) in [6, 6.07) is 13.9. The van der Waals surface area contributed by atoms with Gasteiger partial charge in [-0.1, -0.05) is 46.3 Å². The highest BCUT2D eigenvalue weighted by atomic mass is 79.9. The van der Waals surface area contributed by atoms with E-state index in [2.05, 4.69) is 21.2 Å². The fourth-order valence-electron chi connectivity index (χ4n) is 2.33. The second-order valence-corrected chi connectivity index (χ2v) is 6.30. The average Bonchev–Trinajstić information content (AvgIpc) is 2.64. The molecule has 2 aromatic rings. The molecule has 0 spiro atoms. The zero-order valence-electron chi connectivity index (χ0n) is 14.3. The lowest BCUT2D eigenvalue weighted by molar-refractivity contribution is 0.0937. The van der Waals surface area contributed by atoms with Gasteiger partial charge in [0.25, 0.3) is 0 Å². The molecule has 0 amide bonds. The van der Waals surface area contributed by atoms with Gasteiger partial charge in [-0.15, -0.1) is 0 Å². The van der Waals surface area contributed by atoms with Gasteiger partial charge in [0.1, 0.15) is 6.61 Å². The van der Waals surface area contributed by atoms with Gasteiger partial charge in [0.05, 0.1) is 26.9 Å². The quantitative estimate of drug-likeness (QED) is 0.558. The smallest absolute Gasteiger partial charge is 0.166 e. The summed E-state index contributed by atoms with van der Waals surface area (Å²) in [5.74, 6) is 1.43. The minimum absolute atomic E-state index is 0.0420. The first-order valence-corrected chi connectivity index (χ1v) is 8.96. The molecule has 0 aliphatic heterocycles. The van der Waals surface area contributed by atoms with Crippen molar-refractivity contribution >= 4 is 15.9 Å². The molecule has 0 radical (unpaired) electrons. The van der Waals surface area contributed by atoms with Crippen LogP contribution in [-0.4, -0.2) is 38.6 Å². The zero-order valence-corrected chi connectivity index (χ0v) is 15.9. The lowest BCUT2D eigenvalue weighted by atomic mass is 10.1. The SMILES string of the molecule is COc1cc(Br)cc(CNCCOCCO)c1OCc1ccccc1. The summed E-state index contributed by atoms with van der Waals surface area (Å²) in [6.45, 7) is 2.74. The summed E-state index contributed by atoms with van der Waals surface area (Å²) in [6.07, 6.45) is 0. The van der Waals surface area contributed by atoms with Crippen LogP contribution >= 0.6 is 15.9 Å². The highest BCUT2D eigenvalue weighted by Gasteiger charge is 2.13. The highest BCUT2D eigenvalue weighted by molar-refractivity contribution is 9.10. The Bertz CT molecular complexity index is 637. The Balaban J connectivity index is 2.02. The Hall–Kier alpha value is -1.60. The Labute approximate surface area is 157 Å². The lowest BCUT2D eigenvalue weighted by Crippen LogP contribution is -2.20. The minimum atomic E-state index is 0.0420. The van der Waals surface area contributed by atoms with E-state index in [-0.39, 0.29) is 6.61 Å². The van der Waals surface area contributed by atoms with Gasteiger partial charge >= 0.3 is 0 Å². The number of hydrogen-bond acceptors (Lipinski definition) is 5. The maximum atomic E-state index is 8.70. The van der Waals surface area contributed by atoms with Crippen molar-refractivity contribution in [1.82, 2.24) is 5.32 Å². The van der Waals surface area contributed by atoms with E-state index >= 15 is 0 Å². The van der Waals surface area contributed by atoms with E-state index in [1.807, 2.05) is 42.5 Å². The third-order valence-electron chi connectivity index (χ3n) is 3.52. The number of methoxy groups -OCH3 is 1. The average molecular weight is 410 g/mol. The summed E-state index contributed by atoms with van der Waals surface area (Å²) in [5, 5.41) is 12.0. The third-order valence-corrected chi connectivity index (χ3v) is 3.97. The van der Waals surface area contributed by atoms with Gasteiger partial charge in [-0.2, -0.15) is 0 Å². The molecule has 0 saturated heterocycles. The third kappa shape index (κ3) is 6.66. The van der Waals surface area contributed by atoms with Crippen LogP contribution < -0.4 is 14.8 Å². The van der Waals surface area contributed by atoms with Crippen LogP contribution in [0.3, 0.4) is 0 Å². The van der Waals surface area contributed by atoms with E-state index in [4.69, 9.17) is 19.3 Å². The summed E-state index contributed by atoms with van der Waals surface area (Å²) >= 11 is 3.51. The molecule has 0 unspecified atom stereocenters. The first-order valence-electron chi connectivity index (χ1n) is 8.17. The van der Waals surface area contributed by atoms with Gasteiger partial charge in [0.15, 0.2) is 11.5 Å². The molecule has 5 nitrogen and oxygen atoms in total. The molecule has 2 N–H and O–H groups in total. The van der Waals surface area contributed by atoms with Crippen LogP contribution in [0, 0.1) is 0 Å². The van der Waals surface area contributed by atoms with Crippen LogP contribution in [0.4, 0.5) is 0 Å². The minimum Gasteiger partial charge on any atom is -0.493 e. The number of ether oxygens (including phenoxy) is 3. The van der Waals surface area contributed by atoms with Crippen molar-refractivity contribution in [1.29, 1.82) is 0 Å². The fraction of sp³-hybridized carbons (Fsp3) is 0.368. The van der Waals surface area contributed by atoms with Crippen LogP contribution in [0.1, 0.15) is 11.1 Å². The molecule has 0 atom stereocenters. The number of halogens is 1. The number of aliphatic hydroxyl groups is 1. The van der Waals surface area contributed by atoms with E-state index in [1.54, 1.807) is 7.11 Å². The maximum absolute atomic E-state index is 8.70. The molecule has 0 aliphatic carbocycles. The first-order chi connectivity index (χ1) is 12.2. The number of benzene rings is 2. The molecule has 0 fully saturated rings. The fourth-order valence-corrected chi connectivity index (χ4v) is 2.82. The Morgan fingerprint density at radius 1 is 1.12 bits per heavy atom. The monoisotopic (exact) mass is 409 g/mol. The Morgan fingerprint density at radius 3 is 2.64 bits per heavy atom. The second-order valence-electron chi connectivity index (χ2n) is 5.38. The first kappa shape index (κ1) is 19.7. The van der Waals surface area contributed by atoms with Gasteiger partial charge < -0.3 is 24.6 Å². The molecular formula is C19H24BrNO4. The topological polar surface area (TPSA) is 60.0 Å². The zero-order chi connectivity index (χ0) is 17.9. The molecule has 6 heteroatoms. The predicted octanol–water partition coefficient (Wildman–Crippen LogP) is 3.14. The van der Waals surface area contributed by atoms with Crippen LogP contribution in [-0.2, 0) is 17.9 Å². The lowest BCUT2D eigenvalue weighted by Gasteiger charge is -2.16. The van der Waals surface area contributed by atoms with Crippen LogP contribution in [0.15, 0.2) is 46.9 Å². The van der Waals surface area contributed by atoms with Crippen LogP contribution in [0.2, 0.25) is 0 Å². The molecule has 0 saturated carbocycles. The van der Waals surface area contributed by atoms with Crippen molar-refractivity contribution in [2.45, 2.75) is 13.2 Å². The van der Waals surface area contributed by atoms with E-state index < -0.39 is 0 Å². The van der Waals surface area contributed by atoms with Gasteiger partial charge in [0.2, 0.25) is 0 Å². The molecule has 0 heterocycles. The maximum Gasteiger partial charge on any atom is 0.166 e. The second kappa shape index (κ2) is 11.1. The molecule has 136 valence electrons. The number of aliphatic hydroxyl groups excluding tert-OH is 1. The molecule has 0 aliphatic rings. The summed E-state index contributed by atoms with van der Waals surface area (Å²) in [5.41, 5.74) is 2.10. The van der Waals surface area contributed by atoms with E-state index in [1.165, 1.54) is 0 Å². The summed E-state index contributed by atoms with van der Waals surface area (Å²) < 4.78 is 17.7. The molecule has 0 aromatic heterocycles. The van der Waals surface area contributed by atoms with Crippen LogP contribution in [0.25, 0.3) is 0 Å².